The van der Waals surface area contributed by atoms with Crippen molar-refractivity contribution in [3.05, 3.63) is 60.2 Å². The van der Waals surface area contributed by atoms with Crippen LogP contribution >= 0.6 is 0 Å². The molecule has 0 fully saturated rings. The molecule has 0 spiro atoms. The van der Waals surface area contributed by atoms with E-state index in [4.69, 9.17) is 5.73 Å². The minimum Gasteiger partial charge on any atom is -0.351 e. The number of carbonyl (C=O) groups excluding carboxylic acids is 3. The molecule has 27 heavy (non-hydrogen) atoms. The lowest BCUT2D eigenvalue weighted by atomic mass is 10.0. The summed E-state index contributed by atoms with van der Waals surface area (Å²) >= 11 is 0. The van der Waals surface area contributed by atoms with Gasteiger partial charge in [0.1, 0.15) is 6.04 Å². The summed E-state index contributed by atoms with van der Waals surface area (Å²) in [5.74, 6) is -0.599. The molecular formula is C20H24N4O3. The number of carbonyl (C=O) groups is 3. The van der Waals surface area contributed by atoms with Gasteiger partial charge in [0.15, 0.2) is 0 Å². The Morgan fingerprint density at radius 3 is 1.96 bits per heavy atom. The number of anilines is 2. The maximum absolute atomic E-state index is 12.6. The Hall–Kier alpha value is -3.35. The second-order valence-electron chi connectivity index (χ2n) is 6.51. The fourth-order valence-electron chi connectivity index (χ4n) is 2.54. The maximum Gasteiger partial charge on any atom is 0.316 e. The third kappa shape index (κ3) is 6.47. The van der Waals surface area contributed by atoms with Gasteiger partial charge in [-0.1, -0.05) is 44.2 Å². The quantitative estimate of drug-likeness (QED) is 0.602. The molecule has 142 valence electrons. The summed E-state index contributed by atoms with van der Waals surface area (Å²) < 4.78 is 0. The standard InChI is InChI=1S/C20H24N4O3/c1-13(2)18(24-17(25)12-14-6-4-3-5-7-14)19(26)22-15-8-10-16(11-9-15)23-20(21)27/h3-11,13,18H,12H2,1-2H3,(H,22,26)(H,24,25)(H3,21,23,27). The van der Waals surface area contributed by atoms with Gasteiger partial charge in [-0.15, -0.1) is 0 Å². The Labute approximate surface area is 158 Å². The van der Waals surface area contributed by atoms with Crippen molar-refractivity contribution < 1.29 is 14.4 Å². The van der Waals surface area contributed by atoms with Gasteiger partial charge < -0.3 is 21.7 Å². The van der Waals surface area contributed by atoms with Gasteiger partial charge in [-0.25, -0.2) is 4.79 Å². The Morgan fingerprint density at radius 1 is 0.889 bits per heavy atom. The minimum absolute atomic E-state index is 0.0828. The van der Waals surface area contributed by atoms with Crippen molar-refractivity contribution in [1.29, 1.82) is 0 Å². The van der Waals surface area contributed by atoms with Crippen LogP contribution in [-0.4, -0.2) is 23.9 Å². The molecule has 2 aromatic carbocycles. The van der Waals surface area contributed by atoms with E-state index in [2.05, 4.69) is 16.0 Å². The zero-order valence-corrected chi connectivity index (χ0v) is 15.4. The monoisotopic (exact) mass is 368 g/mol. The highest BCUT2D eigenvalue weighted by Gasteiger charge is 2.24. The first-order valence-corrected chi connectivity index (χ1v) is 8.66. The molecule has 0 aliphatic carbocycles. The second-order valence-corrected chi connectivity index (χ2v) is 6.51. The zero-order chi connectivity index (χ0) is 19.8. The highest BCUT2D eigenvalue weighted by molar-refractivity contribution is 5.98. The molecule has 2 rings (SSSR count). The molecule has 0 saturated heterocycles. The average molecular weight is 368 g/mol. The first-order chi connectivity index (χ1) is 12.8. The molecule has 0 heterocycles. The van der Waals surface area contributed by atoms with Crippen molar-refractivity contribution in [2.75, 3.05) is 10.6 Å². The molecule has 0 saturated carbocycles. The van der Waals surface area contributed by atoms with E-state index in [1.807, 2.05) is 44.2 Å². The van der Waals surface area contributed by atoms with Crippen LogP contribution in [0.1, 0.15) is 19.4 Å². The Morgan fingerprint density at radius 2 is 1.44 bits per heavy atom. The molecule has 0 aliphatic rings. The van der Waals surface area contributed by atoms with Gasteiger partial charge in [0.2, 0.25) is 11.8 Å². The predicted molar refractivity (Wildman–Crippen MR) is 105 cm³/mol. The van der Waals surface area contributed by atoms with Crippen molar-refractivity contribution in [3.8, 4) is 0 Å². The SMILES string of the molecule is CC(C)C(NC(=O)Cc1ccccc1)C(=O)Nc1ccc(NC(N)=O)cc1. The number of amides is 4. The normalized spacial score (nSPS) is 11.5. The summed E-state index contributed by atoms with van der Waals surface area (Å²) in [5, 5.41) is 8.02. The molecule has 1 atom stereocenters. The second kappa shape index (κ2) is 9.38. The number of rotatable bonds is 7. The lowest BCUT2D eigenvalue weighted by Gasteiger charge is -2.22. The number of hydrogen-bond donors (Lipinski definition) is 4. The van der Waals surface area contributed by atoms with Crippen molar-refractivity contribution in [3.63, 3.8) is 0 Å². The van der Waals surface area contributed by atoms with Crippen LogP contribution in [0.3, 0.4) is 0 Å². The third-order valence-electron chi connectivity index (χ3n) is 3.89. The van der Waals surface area contributed by atoms with Crippen LogP contribution in [0.25, 0.3) is 0 Å². The summed E-state index contributed by atoms with van der Waals surface area (Å²) in [6, 6.07) is 14.6. The summed E-state index contributed by atoms with van der Waals surface area (Å²) in [6.07, 6.45) is 0.213. The highest BCUT2D eigenvalue weighted by Crippen LogP contribution is 2.15. The van der Waals surface area contributed by atoms with E-state index in [9.17, 15) is 14.4 Å². The van der Waals surface area contributed by atoms with E-state index < -0.39 is 12.1 Å². The Balaban J connectivity index is 1.97. The fourth-order valence-corrected chi connectivity index (χ4v) is 2.54. The molecule has 7 nitrogen and oxygen atoms in total. The van der Waals surface area contributed by atoms with Crippen molar-refractivity contribution in [1.82, 2.24) is 5.32 Å². The summed E-state index contributed by atoms with van der Waals surface area (Å²) in [4.78, 5) is 35.7. The average Bonchev–Trinajstić information content (AvgIpc) is 2.61. The largest absolute Gasteiger partial charge is 0.351 e. The number of nitrogens with one attached hydrogen (secondary N) is 3. The topological polar surface area (TPSA) is 113 Å². The van der Waals surface area contributed by atoms with E-state index in [-0.39, 0.29) is 24.2 Å². The number of urea groups is 1. The van der Waals surface area contributed by atoms with E-state index in [0.29, 0.717) is 11.4 Å². The van der Waals surface area contributed by atoms with Crippen LogP contribution in [0, 0.1) is 5.92 Å². The predicted octanol–water partition coefficient (Wildman–Crippen LogP) is 2.50. The smallest absolute Gasteiger partial charge is 0.316 e. The number of hydrogen-bond acceptors (Lipinski definition) is 3. The first-order valence-electron chi connectivity index (χ1n) is 8.66. The molecule has 5 N–H and O–H groups in total. The molecule has 2 aromatic rings. The van der Waals surface area contributed by atoms with Crippen LogP contribution in [-0.2, 0) is 16.0 Å². The van der Waals surface area contributed by atoms with Gasteiger partial charge in [0.25, 0.3) is 0 Å². The van der Waals surface area contributed by atoms with Gasteiger partial charge in [-0.2, -0.15) is 0 Å². The van der Waals surface area contributed by atoms with Gasteiger partial charge >= 0.3 is 6.03 Å². The zero-order valence-electron chi connectivity index (χ0n) is 15.4. The van der Waals surface area contributed by atoms with Crippen LogP contribution < -0.4 is 21.7 Å². The molecule has 0 aliphatic heterocycles. The van der Waals surface area contributed by atoms with Crippen molar-refractivity contribution >= 4 is 29.2 Å². The number of nitrogens with two attached hydrogens (primary N) is 1. The minimum atomic E-state index is -0.662. The maximum atomic E-state index is 12.6. The first kappa shape index (κ1) is 20.0. The van der Waals surface area contributed by atoms with E-state index >= 15 is 0 Å². The Kier molecular flexibility index (Phi) is 6.93. The van der Waals surface area contributed by atoms with E-state index in [1.165, 1.54) is 0 Å². The highest BCUT2D eigenvalue weighted by atomic mass is 16.2. The Bertz CT molecular complexity index is 789. The number of primary amides is 1. The summed E-state index contributed by atoms with van der Waals surface area (Å²) in [5.41, 5.74) is 7.02. The molecule has 0 radical (unpaired) electrons. The third-order valence-corrected chi connectivity index (χ3v) is 3.89. The van der Waals surface area contributed by atoms with Crippen LogP contribution in [0.2, 0.25) is 0 Å². The van der Waals surface area contributed by atoms with Gasteiger partial charge in [0, 0.05) is 11.4 Å². The van der Waals surface area contributed by atoms with Crippen LogP contribution in [0.15, 0.2) is 54.6 Å². The van der Waals surface area contributed by atoms with Gasteiger partial charge in [-0.05, 0) is 35.7 Å². The van der Waals surface area contributed by atoms with Crippen molar-refractivity contribution in [2.24, 2.45) is 11.7 Å². The van der Waals surface area contributed by atoms with Gasteiger partial charge in [-0.3, -0.25) is 9.59 Å². The fraction of sp³-hybridized carbons (Fsp3) is 0.250. The van der Waals surface area contributed by atoms with Crippen LogP contribution in [0.5, 0.6) is 0 Å². The van der Waals surface area contributed by atoms with E-state index in [0.717, 1.165) is 5.56 Å². The lowest BCUT2D eigenvalue weighted by molar-refractivity contribution is -0.127. The molecule has 1 unspecified atom stereocenters. The lowest BCUT2D eigenvalue weighted by Crippen LogP contribution is -2.47. The molecule has 4 amide bonds. The molecule has 7 heteroatoms. The molecule has 0 aromatic heterocycles. The van der Waals surface area contributed by atoms with Crippen molar-refractivity contribution in [2.45, 2.75) is 26.3 Å². The van der Waals surface area contributed by atoms with Crippen LogP contribution in [0.4, 0.5) is 16.2 Å². The molecule has 0 bridgehead atoms. The summed E-state index contributed by atoms with van der Waals surface area (Å²) in [6.45, 7) is 3.74. The number of benzene rings is 2. The molecular weight excluding hydrogens is 344 g/mol. The summed E-state index contributed by atoms with van der Waals surface area (Å²) in [7, 11) is 0. The van der Waals surface area contributed by atoms with Gasteiger partial charge in [0.05, 0.1) is 6.42 Å². The van der Waals surface area contributed by atoms with E-state index in [1.54, 1.807) is 24.3 Å².